The van der Waals surface area contributed by atoms with Gasteiger partial charge in [-0.2, -0.15) is 0 Å². The average molecular weight is 201 g/mol. The van der Waals surface area contributed by atoms with Gasteiger partial charge in [0.1, 0.15) is 0 Å². The fourth-order valence-corrected chi connectivity index (χ4v) is 3.57. The van der Waals surface area contributed by atoms with Gasteiger partial charge >= 0.3 is 0 Å². The molecule has 0 radical (unpaired) electrons. The van der Waals surface area contributed by atoms with E-state index in [4.69, 9.17) is 0 Å². The highest BCUT2D eigenvalue weighted by atomic mass is 15.2. The molecule has 1 heteroatoms. The summed E-state index contributed by atoms with van der Waals surface area (Å²) in [4.78, 5) is 2.70. The van der Waals surface area contributed by atoms with Gasteiger partial charge in [0, 0.05) is 18.5 Å². The molecule has 2 fully saturated rings. The molecule has 0 spiro atoms. The maximum atomic E-state index is 2.70. The molecule has 3 atom stereocenters. The van der Waals surface area contributed by atoms with Crippen LogP contribution in [0.15, 0.2) is 30.3 Å². The number of benzene rings is 1. The molecule has 1 nitrogen and oxygen atoms in total. The average Bonchev–Trinajstić information content (AvgIpc) is 2.78. The molecule has 80 valence electrons. The van der Waals surface area contributed by atoms with E-state index in [1.54, 1.807) is 5.56 Å². The van der Waals surface area contributed by atoms with Gasteiger partial charge in [-0.25, -0.2) is 0 Å². The van der Waals surface area contributed by atoms with Crippen molar-refractivity contribution < 1.29 is 0 Å². The lowest BCUT2D eigenvalue weighted by Gasteiger charge is -2.22. The molecule has 2 heterocycles. The Bertz CT molecular complexity index is 332. The monoisotopic (exact) mass is 201 g/mol. The third-order valence-electron chi connectivity index (χ3n) is 4.15. The molecule has 0 N–H and O–H groups in total. The summed E-state index contributed by atoms with van der Waals surface area (Å²) in [5.41, 5.74) is 1.56. The molecule has 0 bridgehead atoms. The Balaban J connectivity index is 1.91. The van der Waals surface area contributed by atoms with Crippen LogP contribution in [0.1, 0.15) is 31.2 Å². The Morgan fingerprint density at radius 1 is 1.20 bits per heavy atom. The number of hydrogen-bond acceptors (Lipinski definition) is 1. The fraction of sp³-hybridized carbons (Fsp3) is 0.571. The first kappa shape index (κ1) is 9.41. The maximum absolute atomic E-state index is 2.70. The molecule has 1 aromatic rings. The lowest BCUT2D eigenvalue weighted by molar-refractivity contribution is 0.312. The summed E-state index contributed by atoms with van der Waals surface area (Å²) < 4.78 is 0. The lowest BCUT2D eigenvalue weighted by Crippen LogP contribution is -2.25. The van der Waals surface area contributed by atoms with E-state index in [1.807, 2.05) is 0 Å². The van der Waals surface area contributed by atoms with Crippen LogP contribution in [0.2, 0.25) is 0 Å². The van der Waals surface area contributed by atoms with Gasteiger partial charge < -0.3 is 0 Å². The minimum absolute atomic E-state index is 0.786. The number of fused-ring (bicyclic) bond motifs is 1. The molecule has 0 unspecified atom stereocenters. The van der Waals surface area contributed by atoms with Crippen molar-refractivity contribution in [2.75, 3.05) is 13.1 Å². The SMILES string of the molecule is C[C@@H]1CN2CCC[C@@H]2[C@H]1c1ccccc1. The molecule has 3 rings (SSSR count). The molecule has 2 aliphatic heterocycles. The molecular formula is C14H19N. The van der Waals surface area contributed by atoms with Gasteiger partial charge in [-0.15, -0.1) is 0 Å². The summed E-state index contributed by atoms with van der Waals surface area (Å²) in [5, 5.41) is 0. The van der Waals surface area contributed by atoms with E-state index < -0.39 is 0 Å². The van der Waals surface area contributed by atoms with Crippen LogP contribution in [0.5, 0.6) is 0 Å². The molecule has 0 aliphatic carbocycles. The normalized spacial score (nSPS) is 35.7. The van der Waals surface area contributed by atoms with E-state index in [0.29, 0.717) is 0 Å². The van der Waals surface area contributed by atoms with E-state index in [-0.39, 0.29) is 0 Å². The van der Waals surface area contributed by atoms with Crippen LogP contribution in [-0.4, -0.2) is 24.0 Å². The second-order valence-corrected chi connectivity index (χ2v) is 5.12. The van der Waals surface area contributed by atoms with Crippen molar-refractivity contribution >= 4 is 0 Å². The smallest absolute Gasteiger partial charge is 0.0168 e. The molecule has 2 saturated heterocycles. The summed E-state index contributed by atoms with van der Waals surface area (Å²) in [6, 6.07) is 11.9. The third-order valence-corrected chi connectivity index (χ3v) is 4.15. The quantitative estimate of drug-likeness (QED) is 0.675. The van der Waals surface area contributed by atoms with Crippen LogP contribution in [-0.2, 0) is 0 Å². The largest absolute Gasteiger partial charge is 0.299 e. The van der Waals surface area contributed by atoms with Gasteiger partial charge in [-0.3, -0.25) is 4.90 Å². The van der Waals surface area contributed by atoms with Crippen molar-refractivity contribution in [3.05, 3.63) is 35.9 Å². The predicted molar refractivity (Wildman–Crippen MR) is 62.9 cm³/mol. The maximum Gasteiger partial charge on any atom is 0.0168 e. The Hall–Kier alpha value is -0.820. The van der Waals surface area contributed by atoms with Crippen LogP contribution in [0.4, 0.5) is 0 Å². The fourth-order valence-electron chi connectivity index (χ4n) is 3.57. The first-order chi connectivity index (χ1) is 7.36. The number of hydrogen-bond donors (Lipinski definition) is 0. The molecule has 0 amide bonds. The zero-order valence-corrected chi connectivity index (χ0v) is 9.39. The van der Waals surface area contributed by atoms with Crippen LogP contribution < -0.4 is 0 Å². The van der Waals surface area contributed by atoms with Gasteiger partial charge in [-0.1, -0.05) is 37.3 Å². The molecular weight excluding hydrogens is 182 g/mol. The van der Waals surface area contributed by atoms with Crippen LogP contribution in [0, 0.1) is 5.92 Å². The van der Waals surface area contributed by atoms with Crippen molar-refractivity contribution in [3.63, 3.8) is 0 Å². The van der Waals surface area contributed by atoms with Gasteiger partial charge in [0.25, 0.3) is 0 Å². The first-order valence-electron chi connectivity index (χ1n) is 6.15. The van der Waals surface area contributed by atoms with Crippen LogP contribution in [0.25, 0.3) is 0 Å². The summed E-state index contributed by atoms with van der Waals surface area (Å²) in [6.07, 6.45) is 2.81. The summed E-state index contributed by atoms with van der Waals surface area (Å²) >= 11 is 0. The van der Waals surface area contributed by atoms with Crippen molar-refractivity contribution in [2.24, 2.45) is 5.92 Å². The predicted octanol–water partition coefficient (Wildman–Crippen LogP) is 2.88. The molecule has 1 aromatic carbocycles. The minimum atomic E-state index is 0.786. The topological polar surface area (TPSA) is 3.24 Å². The van der Waals surface area contributed by atoms with E-state index in [9.17, 15) is 0 Å². The van der Waals surface area contributed by atoms with Crippen molar-refractivity contribution in [1.82, 2.24) is 4.90 Å². The van der Waals surface area contributed by atoms with Crippen LogP contribution in [0.3, 0.4) is 0 Å². The second kappa shape index (κ2) is 3.64. The van der Waals surface area contributed by atoms with Gasteiger partial charge in [0.15, 0.2) is 0 Å². The molecule has 0 aromatic heterocycles. The summed E-state index contributed by atoms with van der Waals surface area (Å²) in [5.74, 6) is 1.62. The second-order valence-electron chi connectivity index (χ2n) is 5.12. The minimum Gasteiger partial charge on any atom is -0.299 e. The highest BCUT2D eigenvalue weighted by molar-refractivity contribution is 5.24. The van der Waals surface area contributed by atoms with E-state index >= 15 is 0 Å². The zero-order valence-electron chi connectivity index (χ0n) is 9.39. The number of rotatable bonds is 1. The Morgan fingerprint density at radius 2 is 2.00 bits per heavy atom. The Morgan fingerprint density at radius 3 is 2.80 bits per heavy atom. The first-order valence-corrected chi connectivity index (χ1v) is 6.15. The van der Waals surface area contributed by atoms with Crippen molar-refractivity contribution in [2.45, 2.75) is 31.7 Å². The van der Waals surface area contributed by atoms with Crippen LogP contribution >= 0.6 is 0 Å². The van der Waals surface area contributed by atoms with E-state index in [1.165, 1.54) is 25.9 Å². The highest BCUT2D eigenvalue weighted by Crippen LogP contribution is 2.42. The van der Waals surface area contributed by atoms with Gasteiger partial charge in [0.2, 0.25) is 0 Å². The van der Waals surface area contributed by atoms with Gasteiger partial charge in [-0.05, 0) is 30.9 Å². The standard InChI is InChI=1S/C14H19N/c1-11-10-15-9-5-8-13(15)14(11)12-6-3-2-4-7-12/h2-4,6-7,11,13-14H,5,8-10H2,1H3/t11-,13-,14-/m1/s1. The van der Waals surface area contributed by atoms with Crippen molar-refractivity contribution in [1.29, 1.82) is 0 Å². The Kier molecular flexibility index (Phi) is 2.28. The number of nitrogens with zero attached hydrogens (tertiary/aromatic N) is 1. The summed E-state index contributed by atoms with van der Waals surface area (Å²) in [7, 11) is 0. The highest BCUT2D eigenvalue weighted by Gasteiger charge is 2.42. The van der Waals surface area contributed by atoms with Gasteiger partial charge in [0.05, 0.1) is 0 Å². The van der Waals surface area contributed by atoms with E-state index in [0.717, 1.165) is 17.9 Å². The lowest BCUT2D eigenvalue weighted by atomic mass is 9.84. The van der Waals surface area contributed by atoms with Crippen molar-refractivity contribution in [3.8, 4) is 0 Å². The molecule has 15 heavy (non-hydrogen) atoms. The molecule has 2 aliphatic rings. The van der Waals surface area contributed by atoms with E-state index in [2.05, 4.69) is 42.2 Å². The third kappa shape index (κ3) is 1.50. The molecule has 0 saturated carbocycles. The zero-order chi connectivity index (χ0) is 10.3. The summed E-state index contributed by atoms with van der Waals surface area (Å²) in [6.45, 7) is 5.05. The Labute approximate surface area is 92.1 Å².